The maximum Gasteiger partial charge on any atom is 0.111 e. The van der Waals surface area contributed by atoms with Gasteiger partial charge in [0, 0.05) is 0 Å². The third-order valence-electron chi connectivity index (χ3n) is 2.94. The van der Waals surface area contributed by atoms with Gasteiger partial charge in [-0.3, -0.25) is 0 Å². The molecule has 0 saturated carbocycles. The Bertz CT molecular complexity index is 470. The summed E-state index contributed by atoms with van der Waals surface area (Å²) in [6.07, 6.45) is -1.45. The van der Waals surface area contributed by atoms with Crippen LogP contribution in [0.2, 0.25) is 0 Å². The zero-order valence-corrected chi connectivity index (χ0v) is 10.6. The molecule has 0 heterocycles. The average Bonchev–Trinajstić information content (AvgIpc) is 2.49. The predicted octanol–water partition coefficient (Wildman–Crippen LogP) is 2.30. The number of aliphatic hydroxyl groups is 2. The molecular weight excluding hydrogens is 240 g/mol. The highest BCUT2D eigenvalue weighted by Crippen LogP contribution is 2.22. The summed E-state index contributed by atoms with van der Waals surface area (Å²) in [6, 6.07) is 19.2. The lowest BCUT2D eigenvalue weighted by atomic mass is 10.0. The molecule has 0 spiro atoms. The smallest absolute Gasteiger partial charge is 0.111 e. The minimum atomic E-state index is -0.925. The van der Waals surface area contributed by atoms with Crippen LogP contribution in [0.4, 0.5) is 0 Å². The van der Waals surface area contributed by atoms with Gasteiger partial charge in [0.25, 0.3) is 0 Å². The maximum atomic E-state index is 9.87. The van der Waals surface area contributed by atoms with Crippen LogP contribution in [0.5, 0.6) is 0 Å². The van der Waals surface area contributed by atoms with Crippen LogP contribution in [0.15, 0.2) is 60.7 Å². The largest absolute Gasteiger partial charge is 0.394 e. The quantitative estimate of drug-likeness (QED) is 0.836. The third kappa shape index (κ3) is 3.89. The molecule has 2 unspecified atom stereocenters. The highest BCUT2D eigenvalue weighted by Gasteiger charge is 2.21. The van der Waals surface area contributed by atoms with E-state index in [1.54, 1.807) is 0 Å². The molecule has 0 aliphatic carbocycles. The van der Waals surface area contributed by atoms with Gasteiger partial charge in [0.1, 0.15) is 12.2 Å². The van der Waals surface area contributed by atoms with Crippen molar-refractivity contribution in [2.45, 2.75) is 18.8 Å². The molecule has 0 aromatic heterocycles. The highest BCUT2D eigenvalue weighted by atomic mass is 16.5. The first-order chi connectivity index (χ1) is 9.31. The monoisotopic (exact) mass is 258 g/mol. The molecule has 0 saturated heterocycles. The molecule has 0 aliphatic rings. The van der Waals surface area contributed by atoms with Crippen molar-refractivity contribution in [3.05, 3.63) is 71.8 Å². The average molecular weight is 258 g/mol. The van der Waals surface area contributed by atoms with Crippen LogP contribution in [-0.4, -0.2) is 22.9 Å². The minimum Gasteiger partial charge on any atom is -0.394 e. The van der Waals surface area contributed by atoms with Gasteiger partial charge in [-0.15, -0.1) is 0 Å². The molecule has 2 N–H and O–H groups in total. The lowest BCUT2D eigenvalue weighted by Crippen LogP contribution is -2.24. The van der Waals surface area contributed by atoms with E-state index in [1.165, 1.54) is 0 Å². The number of hydrogen-bond acceptors (Lipinski definition) is 3. The summed E-state index contributed by atoms with van der Waals surface area (Å²) in [4.78, 5) is 0. The Balaban J connectivity index is 2.07. The van der Waals surface area contributed by atoms with E-state index < -0.39 is 12.2 Å². The predicted molar refractivity (Wildman–Crippen MR) is 73.5 cm³/mol. The first-order valence-corrected chi connectivity index (χ1v) is 6.30. The van der Waals surface area contributed by atoms with Gasteiger partial charge in [-0.25, -0.2) is 0 Å². The van der Waals surface area contributed by atoms with E-state index in [0.717, 1.165) is 11.1 Å². The third-order valence-corrected chi connectivity index (χ3v) is 2.94. The van der Waals surface area contributed by atoms with Gasteiger partial charge in [0.05, 0.1) is 13.2 Å². The molecule has 19 heavy (non-hydrogen) atoms. The van der Waals surface area contributed by atoms with Gasteiger partial charge in [-0.05, 0) is 11.1 Å². The first-order valence-electron chi connectivity index (χ1n) is 6.30. The van der Waals surface area contributed by atoms with E-state index in [9.17, 15) is 5.11 Å². The lowest BCUT2D eigenvalue weighted by molar-refractivity contribution is -0.0672. The number of ether oxygens (including phenoxy) is 1. The molecule has 2 aromatic rings. The topological polar surface area (TPSA) is 49.7 Å². The number of hydrogen-bond donors (Lipinski definition) is 2. The zero-order valence-electron chi connectivity index (χ0n) is 10.6. The molecule has 0 radical (unpaired) electrons. The van der Waals surface area contributed by atoms with E-state index in [0.29, 0.717) is 6.61 Å². The Labute approximate surface area is 113 Å². The summed E-state index contributed by atoms with van der Waals surface area (Å²) in [5.41, 5.74) is 1.90. The van der Waals surface area contributed by atoms with Crippen molar-refractivity contribution in [2.24, 2.45) is 0 Å². The van der Waals surface area contributed by atoms with Crippen molar-refractivity contribution >= 4 is 0 Å². The second kappa shape index (κ2) is 7.04. The van der Waals surface area contributed by atoms with Crippen molar-refractivity contribution < 1.29 is 14.9 Å². The van der Waals surface area contributed by atoms with Crippen molar-refractivity contribution in [2.75, 3.05) is 6.61 Å². The Morgan fingerprint density at radius 3 is 2.05 bits per heavy atom. The number of benzene rings is 2. The molecule has 3 heteroatoms. The minimum absolute atomic E-state index is 0.325. The van der Waals surface area contributed by atoms with E-state index in [2.05, 4.69) is 0 Å². The molecule has 0 aliphatic heterocycles. The molecule has 0 amide bonds. The summed E-state index contributed by atoms with van der Waals surface area (Å²) in [5.74, 6) is 0. The van der Waals surface area contributed by atoms with Crippen molar-refractivity contribution in [1.82, 2.24) is 0 Å². The number of rotatable bonds is 6. The Morgan fingerprint density at radius 2 is 1.47 bits per heavy atom. The summed E-state index contributed by atoms with van der Waals surface area (Å²) in [5, 5.41) is 19.0. The standard InChI is InChI=1S/C16H18O3/c17-11-15(18)16(14-9-5-2-6-10-14)19-12-13-7-3-1-4-8-13/h1-10,15-18H,11-12H2. The van der Waals surface area contributed by atoms with Gasteiger partial charge in [-0.1, -0.05) is 60.7 Å². The molecule has 2 rings (SSSR count). The summed E-state index contributed by atoms with van der Waals surface area (Å²) >= 11 is 0. The van der Waals surface area contributed by atoms with E-state index >= 15 is 0 Å². The first kappa shape index (κ1) is 13.7. The van der Waals surface area contributed by atoms with Crippen LogP contribution >= 0.6 is 0 Å². The van der Waals surface area contributed by atoms with E-state index in [1.807, 2.05) is 60.7 Å². The Morgan fingerprint density at radius 1 is 0.895 bits per heavy atom. The molecule has 2 aromatic carbocycles. The summed E-state index contributed by atoms with van der Waals surface area (Å²) in [7, 11) is 0. The van der Waals surface area contributed by atoms with Gasteiger partial charge in [0.2, 0.25) is 0 Å². The second-order valence-electron chi connectivity index (χ2n) is 4.38. The fourth-order valence-electron chi connectivity index (χ4n) is 1.93. The van der Waals surface area contributed by atoms with Gasteiger partial charge in [0.15, 0.2) is 0 Å². The van der Waals surface area contributed by atoms with Gasteiger partial charge < -0.3 is 14.9 Å². The molecule has 3 nitrogen and oxygen atoms in total. The molecule has 0 bridgehead atoms. The zero-order chi connectivity index (χ0) is 13.5. The Kier molecular flexibility index (Phi) is 5.10. The van der Waals surface area contributed by atoms with Crippen molar-refractivity contribution in [3.8, 4) is 0 Å². The van der Waals surface area contributed by atoms with Crippen LogP contribution < -0.4 is 0 Å². The molecule has 0 fully saturated rings. The molecular formula is C16H18O3. The normalized spacial score (nSPS) is 14.0. The van der Waals surface area contributed by atoms with Crippen LogP contribution in [0.25, 0.3) is 0 Å². The van der Waals surface area contributed by atoms with Crippen molar-refractivity contribution in [1.29, 1.82) is 0 Å². The Hall–Kier alpha value is -1.68. The highest BCUT2D eigenvalue weighted by molar-refractivity contribution is 5.19. The van der Waals surface area contributed by atoms with Gasteiger partial charge >= 0.3 is 0 Å². The van der Waals surface area contributed by atoms with Gasteiger partial charge in [-0.2, -0.15) is 0 Å². The lowest BCUT2D eigenvalue weighted by Gasteiger charge is -2.22. The van der Waals surface area contributed by atoms with Crippen LogP contribution in [0.3, 0.4) is 0 Å². The molecule has 2 atom stereocenters. The fraction of sp³-hybridized carbons (Fsp3) is 0.250. The summed E-state index contributed by atoms with van der Waals surface area (Å²) in [6.45, 7) is 0.0752. The number of aliphatic hydroxyl groups excluding tert-OH is 2. The van der Waals surface area contributed by atoms with Crippen LogP contribution in [-0.2, 0) is 11.3 Å². The van der Waals surface area contributed by atoms with Crippen molar-refractivity contribution in [3.63, 3.8) is 0 Å². The molecule has 100 valence electrons. The van der Waals surface area contributed by atoms with Crippen LogP contribution in [0, 0.1) is 0 Å². The second-order valence-corrected chi connectivity index (χ2v) is 4.38. The maximum absolute atomic E-state index is 9.87. The van der Waals surface area contributed by atoms with E-state index in [4.69, 9.17) is 9.84 Å². The fourth-order valence-corrected chi connectivity index (χ4v) is 1.93. The van der Waals surface area contributed by atoms with Crippen LogP contribution in [0.1, 0.15) is 17.2 Å². The summed E-state index contributed by atoms with van der Waals surface area (Å²) < 4.78 is 5.76. The SMILES string of the molecule is OCC(O)C(OCc1ccccc1)c1ccccc1. The van der Waals surface area contributed by atoms with E-state index in [-0.39, 0.29) is 6.61 Å².